The van der Waals surface area contributed by atoms with E-state index in [0.717, 1.165) is 22.8 Å². The van der Waals surface area contributed by atoms with Gasteiger partial charge in [0, 0.05) is 18.4 Å². The van der Waals surface area contributed by atoms with E-state index in [2.05, 4.69) is 10.3 Å². The van der Waals surface area contributed by atoms with E-state index in [9.17, 15) is 18.0 Å². The molecule has 0 bridgehead atoms. The van der Waals surface area contributed by atoms with Crippen LogP contribution in [0.25, 0.3) is 11.3 Å². The van der Waals surface area contributed by atoms with Crippen LogP contribution < -0.4 is 5.32 Å². The minimum absolute atomic E-state index is 0.0142. The van der Waals surface area contributed by atoms with Crippen molar-refractivity contribution < 1.29 is 27.1 Å². The lowest BCUT2D eigenvalue weighted by Gasteiger charge is -2.25. The Bertz CT molecular complexity index is 1430. The number of aryl methyl sites for hydroxylation is 1. The predicted octanol–water partition coefficient (Wildman–Crippen LogP) is 7.02. The van der Waals surface area contributed by atoms with Crippen molar-refractivity contribution in [1.82, 2.24) is 9.97 Å². The number of carbonyl (C=O) groups excluding carboxylic acids is 1. The number of alkyl halides is 3. The smallest absolute Gasteiger partial charge is 0.449 e. The monoisotopic (exact) mass is 537 g/mol. The highest BCUT2D eigenvalue weighted by Gasteiger charge is 2.35. The molecule has 0 saturated heterocycles. The Balaban J connectivity index is 1.70. The number of carbonyl (C=O) groups is 1. The normalized spacial score (nSPS) is 12.7. The summed E-state index contributed by atoms with van der Waals surface area (Å²) in [5, 5.41) is 3.09. The van der Waals surface area contributed by atoms with Gasteiger partial charge in [-0.15, -0.1) is 0 Å². The van der Waals surface area contributed by atoms with Crippen LogP contribution in [0.5, 0.6) is 0 Å². The van der Waals surface area contributed by atoms with E-state index < -0.39 is 29.5 Å². The van der Waals surface area contributed by atoms with Crippen molar-refractivity contribution >= 4 is 11.8 Å². The fourth-order valence-electron chi connectivity index (χ4n) is 3.98. The van der Waals surface area contributed by atoms with Crippen molar-refractivity contribution in [3.63, 3.8) is 0 Å². The van der Waals surface area contributed by atoms with Crippen LogP contribution in [0.15, 0.2) is 77.3 Å². The van der Waals surface area contributed by atoms with Gasteiger partial charge in [0.2, 0.25) is 5.76 Å². The summed E-state index contributed by atoms with van der Waals surface area (Å²) in [7, 11) is 0. The fraction of sp³-hybridized carbons (Fsp3) is 0.300. The van der Waals surface area contributed by atoms with Crippen molar-refractivity contribution in [3.8, 4) is 11.3 Å². The molecule has 39 heavy (non-hydrogen) atoms. The summed E-state index contributed by atoms with van der Waals surface area (Å²) in [6.45, 7) is 7.14. The number of aromatic nitrogens is 2. The maximum absolute atomic E-state index is 13.2. The zero-order chi connectivity index (χ0) is 28.2. The highest BCUT2D eigenvalue weighted by Crippen LogP contribution is 2.31. The molecule has 0 spiro atoms. The number of nitrogens with one attached hydrogen (secondary N) is 1. The van der Waals surface area contributed by atoms with Gasteiger partial charge in [-0.25, -0.2) is 14.8 Å². The molecular weight excluding hydrogens is 507 g/mol. The average molecular weight is 538 g/mol. The maximum atomic E-state index is 13.2. The number of rotatable bonds is 8. The van der Waals surface area contributed by atoms with Crippen LogP contribution in [0.3, 0.4) is 0 Å². The Kier molecular flexibility index (Phi) is 8.09. The Hall–Kier alpha value is -4.14. The van der Waals surface area contributed by atoms with Crippen molar-refractivity contribution in [2.24, 2.45) is 0 Å². The zero-order valence-corrected chi connectivity index (χ0v) is 22.2. The van der Waals surface area contributed by atoms with E-state index >= 15 is 0 Å². The average Bonchev–Trinajstić information content (AvgIpc) is 3.33. The van der Waals surface area contributed by atoms with E-state index in [-0.39, 0.29) is 12.2 Å². The van der Waals surface area contributed by atoms with Gasteiger partial charge in [0.1, 0.15) is 23.2 Å². The first-order chi connectivity index (χ1) is 18.4. The first kappa shape index (κ1) is 27.9. The number of benzene rings is 2. The minimum Gasteiger partial charge on any atom is -0.458 e. The van der Waals surface area contributed by atoms with E-state index in [4.69, 9.17) is 14.1 Å². The van der Waals surface area contributed by atoms with Crippen LogP contribution in [0, 0.1) is 6.92 Å². The Morgan fingerprint density at radius 1 is 1.03 bits per heavy atom. The largest absolute Gasteiger partial charge is 0.458 e. The first-order valence-corrected chi connectivity index (χ1v) is 12.5. The summed E-state index contributed by atoms with van der Waals surface area (Å²) < 4.78 is 49.9. The van der Waals surface area contributed by atoms with Crippen LogP contribution in [0.2, 0.25) is 0 Å². The van der Waals surface area contributed by atoms with Crippen molar-refractivity contribution in [2.75, 3.05) is 5.32 Å². The highest BCUT2D eigenvalue weighted by molar-refractivity contribution is 5.80. The molecule has 9 heteroatoms. The molecule has 1 atom stereocenters. The molecule has 0 aliphatic carbocycles. The number of hydrogen-bond donors (Lipinski definition) is 1. The Morgan fingerprint density at radius 2 is 1.77 bits per heavy atom. The molecular formula is C30H30F3N3O3. The van der Waals surface area contributed by atoms with E-state index in [1.165, 1.54) is 6.07 Å². The molecule has 2 aromatic carbocycles. The molecule has 1 N–H and O–H groups in total. The van der Waals surface area contributed by atoms with Crippen molar-refractivity contribution in [3.05, 3.63) is 101 Å². The highest BCUT2D eigenvalue weighted by atomic mass is 19.4. The van der Waals surface area contributed by atoms with Gasteiger partial charge in [0.25, 0.3) is 0 Å². The second-order valence-electron chi connectivity index (χ2n) is 10.3. The number of esters is 1. The number of halogens is 3. The molecule has 2 aromatic heterocycles. The van der Waals surface area contributed by atoms with Gasteiger partial charge in [-0.2, -0.15) is 13.2 Å². The van der Waals surface area contributed by atoms with Gasteiger partial charge in [-0.1, -0.05) is 54.1 Å². The van der Waals surface area contributed by atoms with Crippen LogP contribution in [0.4, 0.5) is 19.0 Å². The second kappa shape index (κ2) is 11.3. The molecule has 2 heterocycles. The van der Waals surface area contributed by atoms with Gasteiger partial charge in [-0.3, -0.25) is 0 Å². The fourth-order valence-corrected chi connectivity index (χ4v) is 3.98. The van der Waals surface area contributed by atoms with Gasteiger partial charge in [-0.05, 0) is 51.5 Å². The van der Waals surface area contributed by atoms with Gasteiger partial charge in [0.05, 0.1) is 17.6 Å². The third-order valence-electron chi connectivity index (χ3n) is 5.72. The lowest BCUT2D eigenvalue weighted by Crippen LogP contribution is -2.38. The number of anilines is 1. The molecule has 0 radical (unpaired) electrons. The summed E-state index contributed by atoms with van der Waals surface area (Å²) in [5.74, 6) is -1.47. The third kappa shape index (κ3) is 7.69. The summed E-state index contributed by atoms with van der Waals surface area (Å²) in [6, 6.07) is 18.5. The second-order valence-corrected chi connectivity index (χ2v) is 10.3. The molecule has 0 aliphatic heterocycles. The van der Waals surface area contributed by atoms with Gasteiger partial charge >= 0.3 is 12.1 Å². The molecule has 1 unspecified atom stereocenters. The predicted molar refractivity (Wildman–Crippen MR) is 142 cm³/mol. The summed E-state index contributed by atoms with van der Waals surface area (Å²) in [4.78, 5) is 22.6. The molecule has 4 aromatic rings. The van der Waals surface area contributed by atoms with Crippen LogP contribution in [0.1, 0.15) is 49.1 Å². The third-order valence-corrected chi connectivity index (χ3v) is 5.72. The molecule has 0 amide bonds. The summed E-state index contributed by atoms with van der Waals surface area (Å²) in [6.07, 6.45) is -2.80. The minimum atomic E-state index is -4.63. The SMILES string of the molecule is Cc1cccc(-c2cnc(NC(Cc3ccc(C(F)(F)F)o3)C(=O)OC(C)(C)C)c(Cc3ccccc3)n2)c1. The van der Waals surface area contributed by atoms with Crippen molar-refractivity contribution in [1.29, 1.82) is 0 Å². The van der Waals surface area contributed by atoms with Crippen LogP contribution in [-0.4, -0.2) is 27.6 Å². The topological polar surface area (TPSA) is 77.2 Å². The van der Waals surface area contributed by atoms with E-state index in [1.54, 1.807) is 27.0 Å². The number of nitrogens with zero attached hydrogens (tertiary/aromatic N) is 2. The molecule has 0 aliphatic rings. The number of ether oxygens (including phenoxy) is 1. The number of hydrogen-bond acceptors (Lipinski definition) is 6. The molecule has 6 nitrogen and oxygen atoms in total. The Labute approximate surface area is 225 Å². The van der Waals surface area contributed by atoms with Gasteiger partial charge < -0.3 is 14.5 Å². The lowest BCUT2D eigenvalue weighted by molar-refractivity contribution is -0.156. The van der Waals surface area contributed by atoms with Crippen LogP contribution in [-0.2, 0) is 28.5 Å². The quantitative estimate of drug-likeness (QED) is 0.244. The van der Waals surface area contributed by atoms with Gasteiger partial charge in [0.15, 0.2) is 0 Å². The lowest BCUT2D eigenvalue weighted by atomic mass is 10.1. The first-order valence-electron chi connectivity index (χ1n) is 12.5. The van der Waals surface area contributed by atoms with E-state index in [0.29, 0.717) is 23.6 Å². The summed E-state index contributed by atoms with van der Waals surface area (Å²) >= 11 is 0. The molecule has 0 saturated carbocycles. The summed E-state index contributed by atoms with van der Waals surface area (Å²) in [5.41, 5.74) is 3.36. The van der Waals surface area contributed by atoms with Crippen molar-refractivity contribution in [2.45, 2.75) is 58.4 Å². The molecule has 204 valence electrons. The molecule has 4 rings (SSSR count). The standard InChI is InChI=1S/C30H30F3N3O3/c1-19-9-8-12-21(15-19)25-18-34-27(23(35-25)16-20-10-6-5-7-11-20)36-24(28(37)39-29(2,3)4)17-22-13-14-26(38-22)30(31,32)33/h5-15,18,24H,16-17H2,1-4H3,(H,34,36). The van der Waals surface area contributed by atoms with Crippen LogP contribution >= 0.6 is 0 Å². The molecule has 0 fully saturated rings. The Morgan fingerprint density at radius 3 is 2.41 bits per heavy atom. The zero-order valence-electron chi connectivity index (χ0n) is 22.2. The number of furan rings is 1. The van der Waals surface area contributed by atoms with E-state index in [1.807, 2.05) is 61.5 Å². The maximum Gasteiger partial charge on any atom is 0.449 e.